The number of aromatic nitrogens is 1. The number of hydrogen-bond acceptors (Lipinski definition) is 3. The third-order valence-electron chi connectivity index (χ3n) is 2.20. The average Bonchev–Trinajstić information content (AvgIpc) is 2.20. The third kappa shape index (κ3) is 3.35. The standard InChI is InChI=1S/C11H14ClN3OS/c1-8(2)11(17(3,16)15-7-13)9-4-5-10(12)14-6-9/h4-6,8H,1-3H3,(H,15,16). The summed E-state index contributed by atoms with van der Waals surface area (Å²) < 4.78 is 14.7. The Balaban J connectivity index is 3.44. The summed E-state index contributed by atoms with van der Waals surface area (Å²) in [7, 11) is -2.57. The molecule has 0 spiro atoms. The second-order valence-electron chi connectivity index (χ2n) is 3.95. The fourth-order valence-corrected chi connectivity index (χ4v) is 3.54. The van der Waals surface area contributed by atoms with Crippen molar-refractivity contribution in [1.29, 1.82) is 5.26 Å². The average molecular weight is 272 g/mol. The zero-order valence-electron chi connectivity index (χ0n) is 9.90. The van der Waals surface area contributed by atoms with E-state index in [0.717, 1.165) is 5.56 Å². The Morgan fingerprint density at radius 3 is 2.65 bits per heavy atom. The van der Waals surface area contributed by atoms with Gasteiger partial charge >= 0.3 is 0 Å². The quantitative estimate of drug-likeness (QED) is 0.300. The number of nitrogens with one attached hydrogen (secondary N) is 1. The van der Waals surface area contributed by atoms with Gasteiger partial charge in [0.25, 0.3) is 0 Å². The number of halogens is 1. The van der Waals surface area contributed by atoms with Gasteiger partial charge in [0.05, 0.1) is 9.71 Å². The second-order valence-corrected chi connectivity index (χ2v) is 6.66. The Hall–Kier alpha value is -1.25. The molecule has 1 atom stereocenters. The third-order valence-corrected chi connectivity index (χ3v) is 4.45. The molecular weight excluding hydrogens is 258 g/mol. The number of hydrogen-bond donors (Lipinski definition) is 1. The van der Waals surface area contributed by atoms with Crippen LogP contribution in [0.5, 0.6) is 0 Å². The second kappa shape index (κ2) is 5.39. The van der Waals surface area contributed by atoms with Gasteiger partial charge in [0.15, 0.2) is 6.19 Å². The minimum Gasteiger partial charge on any atom is -0.249 e. The molecule has 0 saturated heterocycles. The maximum absolute atomic E-state index is 12.4. The van der Waals surface area contributed by atoms with Crippen LogP contribution < -0.4 is 4.72 Å². The van der Waals surface area contributed by atoms with Gasteiger partial charge in [-0.1, -0.05) is 25.4 Å². The van der Waals surface area contributed by atoms with Crippen molar-refractivity contribution in [1.82, 2.24) is 9.71 Å². The van der Waals surface area contributed by atoms with Crippen molar-refractivity contribution < 1.29 is 4.21 Å². The first-order valence-electron chi connectivity index (χ1n) is 5.02. The van der Waals surface area contributed by atoms with Crippen LogP contribution in [0.3, 0.4) is 0 Å². The van der Waals surface area contributed by atoms with Crippen molar-refractivity contribution in [3.8, 4) is 6.19 Å². The number of pyridine rings is 1. The van der Waals surface area contributed by atoms with Crippen molar-refractivity contribution in [3.63, 3.8) is 0 Å². The predicted molar refractivity (Wildman–Crippen MR) is 71.0 cm³/mol. The van der Waals surface area contributed by atoms with Crippen molar-refractivity contribution in [2.75, 3.05) is 6.26 Å². The van der Waals surface area contributed by atoms with E-state index in [2.05, 4.69) is 9.71 Å². The normalized spacial score (nSPS) is 13.9. The Labute approximate surface area is 107 Å². The molecule has 0 saturated carbocycles. The summed E-state index contributed by atoms with van der Waals surface area (Å²) in [4.78, 5) is 4.63. The molecule has 0 aliphatic rings. The van der Waals surface area contributed by atoms with Gasteiger partial charge in [0.2, 0.25) is 0 Å². The lowest BCUT2D eigenvalue weighted by atomic mass is 10.0. The molecule has 0 aromatic carbocycles. The van der Waals surface area contributed by atoms with E-state index in [4.69, 9.17) is 16.9 Å². The van der Waals surface area contributed by atoms with Crippen LogP contribution in [0, 0.1) is 17.4 Å². The highest BCUT2D eigenvalue weighted by Crippen LogP contribution is 2.13. The van der Waals surface area contributed by atoms with Gasteiger partial charge in [0.1, 0.15) is 5.15 Å². The lowest BCUT2D eigenvalue weighted by molar-refractivity contribution is 0.680. The summed E-state index contributed by atoms with van der Waals surface area (Å²) in [6.07, 6.45) is 4.82. The smallest absolute Gasteiger partial charge is 0.188 e. The molecule has 1 rings (SSSR count). The van der Waals surface area contributed by atoms with Crippen molar-refractivity contribution in [2.24, 2.45) is 5.92 Å². The van der Waals surface area contributed by atoms with E-state index in [-0.39, 0.29) is 5.92 Å². The molecule has 17 heavy (non-hydrogen) atoms. The molecule has 0 radical (unpaired) electrons. The van der Waals surface area contributed by atoms with Crippen LogP contribution >= 0.6 is 11.6 Å². The summed E-state index contributed by atoms with van der Waals surface area (Å²) in [6, 6.07) is 3.40. The summed E-state index contributed by atoms with van der Waals surface area (Å²) in [5, 5.41) is 9.02. The molecule has 1 heterocycles. The van der Waals surface area contributed by atoms with Crippen LogP contribution in [0.25, 0.3) is 0 Å². The largest absolute Gasteiger partial charge is 0.249 e. The first-order chi connectivity index (χ1) is 7.88. The molecule has 6 heteroatoms. The van der Waals surface area contributed by atoms with Crippen LogP contribution in [0.1, 0.15) is 19.4 Å². The van der Waals surface area contributed by atoms with Crippen LogP contribution in [0.15, 0.2) is 18.3 Å². The maximum Gasteiger partial charge on any atom is 0.188 e. The van der Waals surface area contributed by atoms with E-state index in [1.54, 1.807) is 24.5 Å². The Morgan fingerprint density at radius 1 is 1.59 bits per heavy atom. The molecule has 1 N–H and O–H groups in total. The van der Waals surface area contributed by atoms with E-state index in [9.17, 15) is 4.21 Å². The highest BCUT2D eigenvalue weighted by Gasteiger charge is 2.16. The SMILES string of the molecule is CC(C)C(c1ccc(Cl)nc1)=S(C)(=O)NC#N. The van der Waals surface area contributed by atoms with E-state index in [1.807, 2.05) is 13.8 Å². The highest BCUT2D eigenvalue weighted by molar-refractivity contribution is 8.00. The van der Waals surface area contributed by atoms with E-state index < -0.39 is 9.71 Å². The lowest BCUT2D eigenvalue weighted by Crippen LogP contribution is -2.29. The van der Waals surface area contributed by atoms with Gasteiger partial charge in [-0.25, -0.2) is 13.9 Å². The van der Waals surface area contributed by atoms with Gasteiger partial charge in [-0.3, -0.25) is 0 Å². The molecule has 0 fully saturated rings. The zero-order chi connectivity index (χ0) is 13.1. The number of nitriles is 1. The van der Waals surface area contributed by atoms with Crippen LogP contribution in [0.4, 0.5) is 0 Å². The Kier molecular flexibility index (Phi) is 4.38. The highest BCUT2D eigenvalue weighted by atomic mass is 35.5. The molecule has 92 valence electrons. The Morgan fingerprint density at radius 2 is 2.24 bits per heavy atom. The Bertz CT molecular complexity index is 551. The van der Waals surface area contributed by atoms with E-state index in [1.165, 1.54) is 6.26 Å². The molecule has 0 amide bonds. The molecule has 1 aromatic heterocycles. The lowest BCUT2D eigenvalue weighted by Gasteiger charge is -2.16. The minimum atomic E-state index is -2.57. The van der Waals surface area contributed by atoms with Gasteiger partial charge in [-0.2, -0.15) is 5.26 Å². The molecule has 0 bridgehead atoms. The topological polar surface area (TPSA) is 65.8 Å². The van der Waals surface area contributed by atoms with Gasteiger partial charge < -0.3 is 0 Å². The van der Waals surface area contributed by atoms with E-state index >= 15 is 0 Å². The van der Waals surface area contributed by atoms with Crippen LogP contribution in [0.2, 0.25) is 5.15 Å². The van der Waals surface area contributed by atoms with E-state index in [0.29, 0.717) is 10.0 Å². The first kappa shape index (κ1) is 13.8. The molecule has 4 nitrogen and oxygen atoms in total. The zero-order valence-corrected chi connectivity index (χ0v) is 11.5. The fraction of sp³-hybridized carbons (Fsp3) is 0.364. The van der Waals surface area contributed by atoms with Gasteiger partial charge in [0, 0.05) is 22.9 Å². The number of nitrogens with zero attached hydrogens (tertiary/aromatic N) is 2. The summed E-state index contributed by atoms with van der Waals surface area (Å²) in [5.41, 5.74) is 0.736. The fourth-order valence-electron chi connectivity index (χ4n) is 1.67. The monoisotopic (exact) mass is 271 g/mol. The van der Waals surface area contributed by atoms with Crippen molar-refractivity contribution in [2.45, 2.75) is 13.8 Å². The number of rotatable bonds is 3. The van der Waals surface area contributed by atoms with Gasteiger partial charge in [-0.05, 0) is 18.1 Å². The summed E-state index contributed by atoms with van der Waals surface area (Å²) in [6.45, 7) is 3.85. The molecule has 1 aromatic rings. The van der Waals surface area contributed by atoms with Crippen LogP contribution in [-0.4, -0.2) is 20.3 Å². The minimum absolute atomic E-state index is 0.0383. The molecular formula is C11H14ClN3OS. The molecule has 0 aliphatic heterocycles. The van der Waals surface area contributed by atoms with Crippen molar-refractivity contribution in [3.05, 3.63) is 29.0 Å². The summed E-state index contributed by atoms with van der Waals surface area (Å²) >= 11 is 5.71. The van der Waals surface area contributed by atoms with Crippen molar-refractivity contribution >= 4 is 26.2 Å². The predicted octanol–water partition coefficient (Wildman–Crippen LogP) is 1.81. The first-order valence-corrected chi connectivity index (χ1v) is 7.36. The molecule has 1 unspecified atom stereocenters. The van der Waals surface area contributed by atoms with Gasteiger partial charge in [-0.15, -0.1) is 0 Å². The maximum atomic E-state index is 12.4. The molecule has 0 aliphatic carbocycles. The van der Waals surface area contributed by atoms with Crippen LogP contribution in [-0.2, 0) is 9.71 Å². The summed E-state index contributed by atoms with van der Waals surface area (Å²) in [5.74, 6) is 0.0383.